The van der Waals surface area contributed by atoms with E-state index in [1.165, 1.54) is 5.56 Å². The van der Waals surface area contributed by atoms with Gasteiger partial charge in [-0.1, -0.05) is 36.4 Å². The van der Waals surface area contributed by atoms with Gasteiger partial charge in [0.1, 0.15) is 0 Å². The highest BCUT2D eigenvalue weighted by Gasteiger charge is 2.18. The van der Waals surface area contributed by atoms with Crippen molar-refractivity contribution in [2.45, 2.75) is 33.7 Å². The molecule has 2 aromatic carbocycles. The molecule has 0 aliphatic carbocycles. The molecule has 3 aromatic rings. The zero-order valence-corrected chi connectivity index (χ0v) is 15.1. The van der Waals surface area contributed by atoms with Gasteiger partial charge in [0.05, 0.1) is 29.2 Å². The number of amides is 1. The minimum absolute atomic E-state index is 0.0598. The summed E-state index contributed by atoms with van der Waals surface area (Å²) < 4.78 is 1.81. The van der Waals surface area contributed by atoms with Crippen LogP contribution in [0.25, 0.3) is 5.69 Å². The number of carbonyl (C=O) groups excluding carboxylic acids is 1. The van der Waals surface area contributed by atoms with E-state index in [1.54, 1.807) is 10.9 Å². The second-order valence-corrected chi connectivity index (χ2v) is 6.45. The molecule has 4 nitrogen and oxygen atoms in total. The predicted molar refractivity (Wildman–Crippen MR) is 100 cm³/mol. The smallest absolute Gasteiger partial charge is 0.255 e. The van der Waals surface area contributed by atoms with E-state index in [-0.39, 0.29) is 11.9 Å². The number of hydrogen-bond acceptors (Lipinski definition) is 2. The van der Waals surface area contributed by atoms with Gasteiger partial charge in [-0.05, 0) is 56.5 Å². The van der Waals surface area contributed by atoms with Gasteiger partial charge in [-0.2, -0.15) is 5.10 Å². The largest absolute Gasteiger partial charge is 0.345 e. The van der Waals surface area contributed by atoms with Gasteiger partial charge < -0.3 is 5.32 Å². The maximum Gasteiger partial charge on any atom is 0.255 e. The molecule has 1 atom stereocenters. The third-order valence-electron chi connectivity index (χ3n) is 4.50. The molecule has 0 radical (unpaired) electrons. The van der Waals surface area contributed by atoms with Crippen LogP contribution in [-0.2, 0) is 0 Å². The molecule has 0 spiro atoms. The fourth-order valence-electron chi connectivity index (χ4n) is 3.08. The minimum atomic E-state index is -0.104. The molecule has 128 valence electrons. The van der Waals surface area contributed by atoms with Crippen molar-refractivity contribution >= 4 is 5.91 Å². The first-order valence-electron chi connectivity index (χ1n) is 8.45. The Balaban J connectivity index is 1.83. The lowest BCUT2D eigenvalue weighted by atomic mass is 10.0. The summed E-state index contributed by atoms with van der Waals surface area (Å²) in [5.74, 6) is -0.104. The Morgan fingerprint density at radius 2 is 1.84 bits per heavy atom. The van der Waals surface area contributed by atoms with Crippen LogP contribution < -0.4 is 5.32 Å². The number of rotatable bonds is 4. The Morgan fingerprint density at radius 3 is 2.56 bits per heavy atom. The van der Waals surface area contributed by atoms with E-state index in [2.05, 4.69) is 29.5 Å². The number of benzene rings is 2. The van der Waals surface area contributed by atoms with Gasteiger partial charge in [0.2, 0.25) is 0 Å². The summed E-state index contributed by atoms with van der Waals surface area (Å²) in [4.78, 5) is 12.7. The third kappa shape index (κ3) is 3.48. The summed E-state index contributed by atoms with van der Waals surface area (Å²) in [7, 11) is 0. The summed E-state index contributed by atoms with van der Waals surface area (Å²) in [6.07, 6.45) is 1.64. The van der Waals surface area contributed by atoms with E-state index in [0.29, 0.717) is 5.56 Å². The van der Waals surface area contributed by atoms with Crippen LogP contribution in [0.5, 0.6) is 0 Å². The van der Waals surface area contributed by atoms with E-state index < -0.39 is 0 Å². The quantitative estimate of drug-likeness (QED) is 0.774. The molecule has 25 heavy (non-hydrogen) atoms. The van der Waals surface area contributed by atoms with Crippen LogP contribution in [0.15, 0.2) is 54.7 Å². The van der Waals surface area contributed by atoms with Crippen LogP contribution in [0, 0.1) is 20.8 Å². The van der Waals surface area contributed by atoms with Crippen molar-refractivity contribution in [3.8, 4) is 5.69 Å². The minimum Gasteiger partial charge on any atom is -0.345 e. The Labute approximate surface area is 148 Å². The molecule has 1 amide bonds. The SMILES string of the molecule is Cc1cccc(-n2ncc(C(=O)N[C@@H](C)c3ccccc3C)c2C)c1. The molecule has 0 aliphatic heterocycles. The fraction of sp³-hybridized carbons (Fsp3) is 0.238. The zero-order valence-electron chi connectivity index (χ0n) is 15.1. The lowest BCUT2D eigenvalue weighted by Crippen LogP contribution is -2.27. The molecular weight excluding hydrogens is 310 g/mol. The van der Waals surface area contributed by atoms with E-state index >= 15 is 0 Å². The molecule has 0 fully saturated rings. The van der Waals surface area contributed by atoms with Crippen LogP contribution in [0.4, 0.5) is 0 Å². The normalized spacial score (nSPS) is 12.0. The lowest BCUT2D eigenvalue weighted by Gasteiger charge is -2.16. The van der Waals surface area contributed by atoms with Crippen molar-refractivity contribution in [3.05, 3.63) is 82.7 Å². The number of carbonyl (C=O) groups is 1. The van der Waals surface area contributed by atoms with Gasteiger partial charge in [-0.3, -0.25) is 4.79 Å². The van der Waals surface area contributed by atoms with E-state index in [4.69, 9.17) is 0 Å². The molecule has 1 N–H and O–H groups in total. The highest BCUT2D eigenvalue weighted by atomic mass is 16.1. The lowest BCUT2D eigenvalue weighted by molar-refractivity contribution is 0.0939. The molecule has 0 saturated carbocycles. The summed E-state index contributed by atoms with van der Waals surface area (Å²) in [5.41, 5.74) is 5.85. The van der Waals surface area contributed by atoms with Crippen molar-refractivity contribution in [2.75, 3.05) is 0 Å². The summed E-state index contributed by atoms with van der Waals surface area (Å²) >= 11 is 0. The van der Waals surface area contributed by atoms with Crippen molar-refractivity contribution in [1.29, 1.82) is 0 Å². The molecule has 1 aromatic heterocycles. The van der Waals surface area contributed by atoms with Crippen LogP contribution >= 0.6 is 0 Å². The molecule has 1 heterocycles. The van der Waals surface area contributed by atoms with Crippen molar-refractivity contribution in [2.24, 2.45) is 0 Å². The average molecular weight is 333 g/mol. The van der Waals surface area contributed by atoms with Crippen LogP contribution in [0.1, 0.15) is 45.7 Å². The number of aryl methyl sites for hydroxylation is 2. The standard InChI is InChI=1S/C21H23N3O/c1-14-8-7-10-18(12-14)24-17(4)20(13-22-24)21(25)23-16(3)19-11-6-5-9-15(19)2/h5-13,16H,1-4H3,(H,23,25)/t16-/m0/s1. The maximum absolute atomic E-state index is 12.7. The fourth-order valence-corrected chi connectivity index (χ4v) is 3.08. The Hall–Kier alpha value is -2.88. The molecule has 3 rings (SSSR count). The highest BCUT2D eigenvalue weighted by molar-refractivity contribution is 5.95. The van der Waals surface area contributed by atoms with Gasteiger partial charge in [0.15, 0.2) is 0 Å². The van der Waals surface area contributed by atoms with Crippen molar-refractivity contribution in [3.63, 3.8) is 0 Å². The Morgan fingerprint density at radius 1 is 1.08 bits per heavy atom. The Bertz CT molecular complexity index is 911. The predicted octanol–water partition coefficient (Wildman–Crippen LogP) is 4.29. The van der Waals surface area contributed by atoms with Crippen molar-refractivity contribution in [1.82, 2.24) is 15.1 Å². The highest BCUT2D eigenvalue weighted by Crippen LogP contribution is 2.19. The molecule has 0 bridgehead atoms. The van der Waals surface area contributed by atoms with E-state index in [0.717, 1.165) is 22.5 Å². The summed E-state index contributed by atoms with van der Waals surface area (Å²) in [6.45, 7) is 8.02. The van der Waals surface area contributed by atoms with E-state index in [1.807, 2.05) is 57.2 Å². The van der Waals surface area contributed by atoms with Crippen LogP contribution in [0.3, 0.4) is 0 Å². The van der Waals surface area contributed by atoms with Crippen LogP contribution in [0.2, 0.25) is 0 Å². The first-order valence-corrected chi connectivity index (χ1v) is 8.45. The van der Waals surface area contributed by atoms with Crippen LogP contribution in [-0.4, -0.2) is 15.7 Å². The maximum atomic E-state index is 12.7. The van der Waals surface area contributed by atoms with Gasteiger partial charge in [-0.25, -0.2) is 4.68 Å². The van der Waals surface area contributed by atoms with Gasteiger partial charge in [-0.15, -0.1) is 0 Å². The first-order chi connectivity index (χ1) is 12.0. The second-order valence-electron chi connectivity index (χ2n) is 6.45. The average Bonchev–Trinajstić information content (AvgIpc) is 2.96. The zero-order chi connectivity index (χ0) is 18.0. The third-order valence-corrected chi connectivity index (χ3v) is 4.50. The molecule has 0 aliphatic rings. The molecule has 0 saturated heterocycles. The Kier molecular flexibility index (Phi) is 4.70. The topological polar surface area (TPSA) is 46.9 Å². The number of nitrogens with zero attached hydrogens (tertiary/aromatic N) is 2. The van der Waals surface area contributed by atoms with Gasteiger partial charge >= 0.3 is 0 Å². The summed E-state index contributed by atoms with van der Waals surface area (Å²) in [6, 6.07) is 16.1. The molecule has 0 unspecified atom stereocenters. The van der Waals surface area contributed by atoms with Crippen molar-refractivity contribution < 1.29 is 4.79 Å². The number of nitrogens with one attached hydrogen (secondary N) is 1. The second kappa shape index (κ2) is 6.93. The molecular formula is C21H23N3O. The monoisotopic (exact) mass is 333 g/mol. The number of aromatic nitrogens is 2. The summed E-state index contributed by atoms with van der Waals surface area (Å²) in [5, 5.41) is 7.48. The van der Waals surface area contributed by atoms with Gasteiger partial charge in [0, 0.05) is 0 Å². The number of hydrogen-bond donors (Lipinski definition) is 1. The first kappa shape index (κ1) is 17.0. The molecule has 4 heteroatoms. The van der Waals surface area contributed by atoms with E-state index in [9.17, 15) is 4.79 Å². The van der Waals surface area contributed by atoms with Gasteiger partial charge in [0.25, 0.3) is 5.91 Å².